The van der Waals surface area contributed by atoms with E-state index < -0.39 is 11.8 Å². The van der Waals surface area contributed by atoms with Crippen LogP contribution in [0.2, 0.25) is 15.1 Å². The highest BCUT2D eigenvalue weighted by Gasteiger charge is 2.48. The molecular formula is C21H21Cl3O4. The zero-order chi connectivity index (χ0) is 20.0. The van der Waals surface area contributed by atoms with E-state index in [1.54, 1.807) is 24.3 Å². The van der Waals surface area contributed by atoms with Crippen molar-refractivity contribution >= 4 is 40.8 Å². The first kappa shape index (κ1) is 21.4. The van der Waals surface area contributed by atoms with Gasteiger partial charge >= 0.3 is 5.97 Å². The topological polar surface area (TPSA) is 48.1 Å². The van der Waals surface area contributed by atoms with Crippen LogP contribution in [0.3, 0.4) is 0 Å². The fourth-order valence-corrected chi connectivity index (χ4v) is 3.57. The van der Waals surface area contributed by atoms with Gasteiger partial charge in [0.25, 0.3) is 0 Å². The molecule has 1 atom stereocenters. The molecule has 150 valence electrons. The summed E-state index contributed by atoms with van der Waals surface area (Å²) in [5, 5.41) is 1.83. The van der Waals surface area contributed by atoms with Gasteiger partial charge in [-0.2, -0.15) is 0 Å². The maximum absolute atomic E-state index is 12.0. The van der Waals surface area contributed by atoms with Crippen molar-refractivity contribution in [1.29, 1.82) is 0 Å². The molecule has 3 rings (SSSR count). The quantitative estimate of drug-likeness (QED) is 0.178. The maximum atomic E-state index is 12.0. The summed E-state index contributed by atoms with van der Waals surface area (Å²) in [6, 6.07) is 12.1. The lowest BCUT2D eigenvalue weighted by Crippen LogP contribution is -2.19. The molecule has 1 aliphatic rings. The van der Waals surface area contributed by atoms with Crippen molar-refractivity contribution in [3.05, 3.63) is 68.7 Å². The fraction of sp³-hybridized carbons (Fsp3) is 0.381. The van der Waals surface area contributed by atoms with Crippen molar-refractivity contribution in [2.75, 3.05) is 6.61 Å². The number of hydrogen-bond donors (Lipinski definition) is 0. The van der Waals surface area contributed by atoms with Crippen LogP contribution >= 0.6 is 34.8 Å². The number of epoxide rings is 1. The summed E-state index contributed by atoms with van der Waals surface area (Å²) in [5.74, 6) is -1.38. The molecule has 0 saturated carbocycles. The number of hydrogen-bond acceptors (Lipinski definition) is 4. The molecule has 1 saturated heterocycles. The van der Waals surface area contributed by atoms with Crippen molar-refractivity contribution in [2.45, 2.75) is 44.3 Å². The Morgan fingerprint density at radius 3 is 2.46 bits per heavy atom. The summed E-state index contributed by atoms with van der Waals surface area (Å²) in [6.45, 7) is 0.427. The van der Waals surface area contributed by atoms with Gasteiger partial charge in [-0.1, -0.05) is 59.8 Å². The molecule has 0 N–H and O–H groups in total. The van der Waals surface area contributed by atoms with Gasteiger partial charge in [0.15, 0.2) is 0 Å². The highest BCUT2D eigenvalue weighted by molar-refractivity contribution is 6.35. The fourth-order valence-electron chi connectivity index (χ4n) is 2.88. The van der Waals surface area contributed by atoms with Crippen LogP contribution in [0, 0.1) is 0 Å². The minimum Gasteiger partial charge on any atom is -0.339 e. The number of rotatable bonds is 10. The molecule has 0 amide bonds. The summed E-state index contributed by atoms with van der Waals surface area (Å²) in [4.78, 5) is 22.2. The van der Waals surface area contributed by atoms with Gasteiger partial charge < -0.3 is 4.74 Å². The van der Waals surface area contributed by atoms with Gasteiger partial charge in [0.2, 0.25) is 5.79 Å². The van der Waals surface area contributed by atoms with Crippen LogP contribution in [0.5, 0.6) is 0 Å². The van der Waals surface area contributed by atoms with Gasteiger partial charge in [0, 0.05) is 21.5 Å². The van der Waals surface area contributed by atoms with Crippen molar-refractivity contribution in [1.82, 2.24) is 0 Å². The molecule has 28 heavy (non-hydrogen) atoms. The van der Waals surface area contributed by atoms with E-state index in [0.29, 0.717) is 33.7 Å². The van der Waals surface area contributed by atoms with Gasteiger partial charge in [-0.15, -0.1) is 4.89 Å². The number of benzene rings is 2. The second-order valence-corrected chi connectivity index (χ2v) is 8.09. The third-order valence-electron chi connectivity index (χ3n) is 4.56. The molecule has 1 fully saturated rings. The zero-order valence-corrected chi connectivity index (χ0v) is 17.5. The number of ether oxygens (including phenoxy) is 1. The first-order valence-corrected chi connectivity index (χ1v) is 10.3. The number of halogens is 3. The number of aryl methyl sites for hydroxylation is 1. The largest absolute Gasteiger partial charge is 0.373 e. The molecule has 0 spiro atoms. The van der Waals surface area contributed by atoms with E-state index in [2.05, 4.69) is 0 Å². The van der Waals surface area contributed by atoms with Crippen LogP contribution in [0.15, 0.2) is 42.5 Å². The Morgan fingerprint density at radius 1 is 1.00 bits per heavy atom. The van der Waals surface area contributed by atoms with E-state index in [1.807, 2.05) is 12.1 Å². The third-order valence-corrected chi connectivity index (χ3v) is 5.39. The molecule has 4 nitrogen and oxygen atoms in total. The Hall–Kier alpha value is -1.30. The van der Waals surface area contributed by atoms with Gasteiger partial charge in [-0.25, -0.2) is 4.79 Å². The average molecular weight is 444 g/mol. The normalized spacial score (nSPS) is 18.1. The van der Waals surface area contributed by atoms with Crippen LogP contribution in [-0.2, 0) is 20.9 Å². The lowest BCUT2D eigenvalue weighted by atomic mass is 10.0. The summed E-state index contributed by atoms with van der Waals surface area (Å²) >= 11 is 18.0. The molecule has 1 unspecified atom stereocenters. The molecule has 0 radical (unpaired) electrons. The summed E-state index contributed by atoms with van der Waals surface area (Å²) in [5.41, 5.74) is 1.45. The predicted molar refractivity (Wildman–Crippen MR) is 110 cm³/mol. The Morgan fingerprint density at radius 2 is 1.75 bits per heavy atom. The molecular weight excluding hydrogens is 423 g/mol. The van der Waals surface area contributed by atoms with Gasteiger partial charge in [0.05, 0.1) is 5.56 Å². The summed E-state index contributed by atoms with van der Waals surface area (Å²) < 4.78 is 5.35. The van der Waals surface area contributed by atoms with E-state index in [0.717, 1.165) is 37.7 Å². The number of unbranched alkanes of at least 4 members (excludes halogenated alkanes) is 3. The lowest BCUT2D eigenvalue weighted by molar-refractivity contribution is -0.313. The Labute approximate surface area is 179 Å². The second-order valence-electron chi connectivity index (χ2n) is 6.81. The molecule has 2 aromatic carbocycles. The summed E-state index contributed by atoms with van der Waals surface area (Å²) in [7, 11) is 0. The SMILES string of the molecule is O=C(OOC1(CCCCCCc2ccc(Cl)cc2Cl)CO1)c1cccc(Cl)c1. The predicted octanol–water partition coefficient (Wildman–Crippen LogP) is 6.65. The maximum Gasteiger partial charge on any atom is 0.373 e. The monoisotopic (exact) mass is 442 g/mol. The summed E-state index contributed by atoms with van der Waals surface area (Å²) in [6.07, 6.45) is 5.66. The number of carbonyl (C=O) groups is 1. The van der Waals surface area contributed by atoms with Gasteiger partial charge in [0.1, 0.15) is 6.61 Å². The highest BCUT2D eigenvalue weighted by Crippen LogP contribution is 2.35. The van der Waals surface area contributed by atoms with E-state index in [4.69, 9.17) is 49.3 Å². The standard InChI is InChI=1S/C21H21Cl3O4/c22-17-8-5-7-16(12-17)20(25)27-28-21(14-26-21)11-4-2-1-3-6-15-9-10-18(23)13-19(15)24/h5,7-10,12-13H,1-4,6,11,14H2. The minimum atomic E-state index is -0.798. The Bertz CT molecular complexity index is 821. The van der Waals surface area contributed by atoms with Crippen molar-refractivity contribution < 1.29 is 19.3 Å². The first-order valence-electron chi connectivity index (χ1n) is 9.21. The smallest absolute Gasteiger partial charge is 0.339 e. The van der Waals surface area contributed by atoms with Crippen LogP contribution in [0.4, 0.5) is 0 Å². The highest BCUT2D eigenvalue weighted by atomic mass is 35.5. The zero-order valence-electron chi connectivity index (χ0n) is 15.3. The first-order chi connectivity index (χ1) is 13.5. The van der Waals surface area contributed by atoms with Crippen molar-refractivity contribution in [3.8, 4) is 0 Å². The van der Waals surface area contributed by atoms with Crippen LogP contribution in [0.25, 0.3) is 0 Å². The van der Waals surface area contributed by atoms with Crippen LogP contribution < -0.4 is 0 Å². The van der Waals surface area contributed by atoms with E-state index in [-0.39, 0.29) is 0 Å². The van der Waals surface area contributed by atoms with Gasteiger partial charge in [-0.05, 0) is 55.2 Å². The molecule has 1 aliphatic heterocycles. The minimum absolute atomic E-state index is 0.337. The molecule has 2 aromatic rings. The number of carbonyl (C=O) groups excluding carboxylic acids is 1. The van der Waals surface area contributed by atoms with Gasteiger partial charge in [-0.3, -0.25) is 4.89 Å². The van der Waals surface area contributed by atoms with E-state index in [9.17, 15) is 4.79 Å². The lowest BCUT2D eigenvalue weighted by Gasteiger charge is -2.11. The van der Waals surface area contributed by atoms with E-state index in [1.165, 1.54) is 6.07 Å². The molecule has 0 aliphatic carbocycles. The average Bonchev–Trinajstić information content (AvgIpc) is 3.44. The Balaban J connectivity index is 1.32. The van der Waals surface area contributed by atoms with Crippen LogP contribution in [0.1, 0.15) is 48.0 Å². The molecule has 7 heteroatoms. The molecule has 0 bridgehead atoms. The Kier molecular flexibility index (Phi) is 7.61. The van der Waals surface area contributed by atoms with E-state index >= 15 is 0 Å². The van der Waals surface area contributed by atoms with Crippen molar-refractivity contribution in [2.24, 2.45) is 0 Å². The van der Waals surface area contributed by atoms with Crippen LogP contribution in [-0.4, -0.2) is 18.4 Å². The third kappa shape index (κ3) is 6.36. The van der Waals surface area contributed by atoms with Crippen molar-refractivity contribution in [3.63, 3.8) is 0 Å². The molecule has 1 heterocycles. The second kappa shape index (κ2) is 9.95. The molecule has 0 aromatic heterocycles.